The van der Waals surface area contributed by atoms with E-state index in [2.05, 4.69) is 44.3 Å². The lowest BCUT2D eigenvalue weighted by Gasteiger charge is -2.35. The van der Waals surface area contributed by atoms with Gasteiger partial charge in [-0.05, 0) is 37.3 Å². The molecule has 19 heavy (non-hydrogen) atoms. The van der Waals surface area contributed by atoms with E-state index in [9.17, 15) is 0 Å². The summed E-state index contributed by atoms with van der Waals surface area (Å²) in [5.74, 6) is 1.47. The molecule has 1 saturated carbocycles. The zero-order chi connectivity index (χ0) is 14.0. The normalized spacial score (nSPS) is 27.0. The van der Waals surface area contributed by atoms with E-state index in [0.29, 0.717) is 16.9 Å². The van der Waals surface area contributed by atoms with Gasteiger partial charge in [0.2, 0.25) is 0 Å². The van der Waals surface area contributed by atoms with Crippen LogP contribution in [-0.4, -0.2) is 11.0 Å². The standard InChI is InChI=1S/C16H24N2S/c1-10-7-8-15(13(9-10)16(17)19)18-14-6-4-5-11(2)12(14)3/h7-9,11-12,14,18H,4-6H2,1-3H3,(H2,17,19). The van der Waals surface area contributed by atoms with Crippen LogP contribution in [0.15, 0.2) is 18.2 Å². The van der Waals surface area contributed by atoms with Gasteiger partial charge in [-0.2, -0.15) is 0 Å². The monoisotopic (exact) mass is 276 g/mol. The first-order chi connectivity index (χ1) is 8.99. The van der Waals surface area contributed by atoms with Crippen molar-refractivity contribution in [1.82, 2.24) is 0 Å². The van der Waals surface area contributed by atoms with Crippen LogP contribution >= 0.6 is 12.2 Å². The molecule has 1 fully saturated rings. The predicted octanol–water partition coefficient (Wildman–Crippen LogP) is 3.87. The van der Waals surface area contributed by atoms with Crippen molar-refractivity contribution < 1.29 is 0 Å². The van der Waals surface area contributed by atoms with E-state index in [0.717, 1.165) is 17.2 Å². The molecule has 0 aliphatic heterocycles. The average Bonchev–Trinajstić information content (AvgIpc) is 2.36. The number of anilines is 1. The largest absolute Gasteiger partial charge is 0.389 e. The van der Waals surface area contributed by atoms with Crippen molar-refractivity contribution in [3.63, 3.8) is 0 Å². The van der Waals surface area contributed by atoms with Gasteiger partial charge in [0.1, 0.15) is 4.99 Å². The lowest BCUT2D eigenvalue weighted by Crippen LogP contribution is -2.35. The van der Waals surface area contributed by atoms with E-state index < -0.39 is 0 Å². The molecule has 1 aliphatic rings. The molecule has 0 aromatic heterocycles. The fourth-order valence-corrected chi connectivity index (χ4v) is 3.14. The van der Waals surface area contributed by atoms with Gasteiger partial charge in [-0.1, -0.05) is 50.5 Å². The van der Waals surface area contributed by atoms with Crippen molar-refractivity contribution in [3.05, 3.63) is 29.3 Å². The Balaban J connectivity index is 2.21. The number of hydrogen-bond acceptors (Lipinski definition) is 2. The molecule has 1 aliphatic carbocycles. The summed E-state index contributed by atoms with van der Waals surface area (Å²) in [5.41, 5.74) is 9.09. The van der Waals surface area contributed by atoms with E-state index in [1.165, 1.54) is 24.8 Å². The Bertz CT molecular complexity index is 470. The molecular weight excluding hydrogens is 252 g/mol. The molecular formula is C16H24N2S. The van der Waals surface area contributed by atoms with Gasteiger partial charge in [0.25, 0.3) is 0 Å². The zero-order valence-corrected chi connectivity index (χ0v) is 12.9. The molecule has 0 bridgehead atoms. The lowest BCUT2D eigenvalue weighted by atomic mass is 9.78. The van der Waals surface area contributed by atoms with Crippen LogP contribution in [-0.2, 0) is 0 Å². The Hall–Kier alpha value is -1.09. The summed E-state index contributed by atoms with van der Waals surface area (Å²) in [5, 5.41) is 3.67. The van der Waals surface area contributed by atoms with Crippen molar-refractivity contribution >= 4 is 22.9 Å². The molecule has 3 atom stereocenters. The maximum atomic E-state index is 5.84. The molecule has 104 valence electrons. The lowest BCUT2D eigenvalue weighted by molar-refractivity contribution is 0.253. The van der Waals surface area contributed by atoms with Crippen LogP contribution in [0.2, 0.25) is 0 Å². The van der Waals surface area contributed by atoms with E-state index in [4.69, 9.17) is 18.0 Å². The average molecular weight is 276 g/mol. The fourth-order valence-electron chi connectivity index (χ4n) is 2.97. The van der Waals surface area contributed by atoms with Crippen LogP contribution in [0.3, 0.4) is 0 Å². The second kappa shape index (κ2) is 5.91. The molecule has 2 rings (SSSR count). The summed E-state index contributed by atoms with van der Waals surface area (Å²) in [6, 6.07) is 6.82. The highest BCUT2D eigenvalue weighted by atomic mass is 32.1. The first-order valence-electron chi connectivity index (χ1n) is 7.16. The Morgan fingerprint density at radius 2 is 2.05 bits per heavy atom. The third-order valence-corrected chi connectivity index (χ3v) is 4.71. The van der Waals surface area contributed by atoms with Crippen LogP contribution in [0.25, 0.3) is 0 Å². The van der Waals surface area contributed by atoms with Gasteiger partial charge >= 0.3 is 0 Å². The van der Waals surface area contributed by atoms with Gasteiger partial charge < -0.3 is 11.1 Å². The third kappa shape index (κ3) is 3.27. The number of thiocarbonyl (C=S) groups is 1. The quantitative estimate of drug-likeness (QED) is 0.823. The molecule has 3 N–H and O–H groups in total. The summed E-state index contributed by atoms with van der Waals surface area (Å²) in [6.07, 6.45) is 3.88. The highest BCUT2D eigenvalue weighted by Gasteiger charge is 2.27. The minimum absolute atomic E-state index is 0.475. The van der Waals surface area contributed by atoms with Crippen LogP contribution in [0.5, 0.6) is 0 Å². The SMILES string of the molecule is Cc1ccc(NC2CCCC(C)C2C)c(C(N)=S)c1. The van der Waals surface area contributed by atoms with Crippen LogP contribution in [0.4, 0.5) is 5.69 Å². The number of benzene rings is 1. The molecule has 0 heterocycles. The molecule has 1 aromatic carbocycles. The minimum Gasteiger partial charge on any atom is -0.389 e. The molecule has 0 spiro atoms. The summed E-state index contributed by atoms with van der Waals surface area (Å²) < 4.78 is 0. The molecule has 3 heteroatoms. The van der Waals surface area contributed by atoms with Gasteiger partial charge in [0.15, 0.2) is 0 Å². The summed E-state index contributed by atoms with van der Waals surface area (Å²) in [7, 11) is 0. The van der Waals surface area contributed by atoms with Crippen LogP contribution < -0.4 is 11.1 Å². The molecule has 0 amide bonds. The van der Waals surface area contributed by atoms with E-state index in [1.807, 2.05) is 0 Å². The van der Waals surface area contributed by atoms with E-state index in [-0.39, 0.29) is 0 Å². The van der Waals surface area contributed by atoms with Gasteiger partial charge in [-0.25, -0.2) is 0 Å². The molecule has 0 saturated heterocycles. The van der Waals surface area contributed by atoms with Gasteiger partial charge in [-0.15, -0.1) is 0 Å². The first kappa shape index (κ1) is 14.3. The summed E-state index contributed by atoms with van der Waals surface area (Å²) in [6.45, 7) is 6.76. The third-order valence-electron chi connectivity index (χ3n) is 4.49. The molecule has 1 aromatic rings. The second-order valence-corrected chi connectivity index (χ2v) is 6.37. The number of nitrogens with one attached hydrogen (secondary N) is 1. The Labute approximate surface area is 121 Å². The van der Waals surface area contributed by atoms with E-state index >= 15 is 0 Å². The predicted molar refractivity (Wildman–Crippen MR) is 86.7 cm³/mol. The highest BCUT2D eigenvalue weighted by molar-refractivity contribution is 7.80. The molecule has 2 nitrogen and oxygen atoms in total. The maximum absolute atomic E-state index is 5.84. The first-order valence-corrected chi connectivity index (χ1v) is 7.57. The zero-order valence-electron chi connectivity index (χ0n) is 12.1. The van der Waals surface area contributed by atoms with Crippen molar-refractivity contribution in [3.8, 4) is 0 Å². The van der Waals surface area contributed by atoms with Crippen LogP contribution in [0.1, 0.15) is 44.2 Å². The topological polar surface area (TPSA) is 38.0 Å². The number of nitrogens with two attached hydrogens (primary N) is 1. The van der Waals surface area contributed by atoms with E-state index in [1.54, 1.807) is 0 Å². The smallest absolute Gasteiger partial charge is 0.106 e. The van der Waals surface area contributed by atoms with Gasteiger partial charge in [0, 0.05) is 17.3 Å². The number of aryl methyl sites for hydroxylation is 1. The molecule has 3 unspecified atom stereocenters. The number of rotatable bonds is 3. The number of hydrogen-bond donors (Lipinski definition) is 2. The fraction of sp³-hybridized carbons (Fsp3) is 0.562. The Morgan fingerprint density at radius 1 is 1.32 bits per heavy atom. The van der Waals surface area contributed by atoms with Crippen molar-refractivity contribution in [2.45, 2.75) is 46.1 Å². The minimum atomic E-state index is 0.475. The summed E-state index contributed by atoms with van der Waals surface area (Å²) >= 11 is 5.17. The molecule has 0 radical (unpaired) electrons. The second-order valence-electron chi connectivity index (χ2n) is 5.93. The summed E-state index contributed by atoms with van der Waals surface area (Å²) in [4.78, 5) is 0.475. The van der Waals surface area contributed by atoms with Gasteiger partial charge in [0.05, 0.1) is 0 Å². The Kier molecular flexibility index (Phi) is 4.46. The van der Waals surface area contributed by atoms with Crippen molar-refractivity contribution in [1.29, 1.82) is 0 Å². The maximum Gasteiger partial charge on any atom is 0.106 e. The van der Waals surface area contributed by atoms with Crippen molar-refractivity contribution in [2.75, 3.05) is 5.32 Å². The highest BCUT2D eigenvalue weighted by Crippen LogP contribution is 2.32. The van der Waals surface area contributed by atoms with Crippen LogP contribution in [0, 0.1) is 18.8 Å². The van der Waals surface area contributed by atoms with Gasteiger partial charge in [-0.3, -0.25) is 0 Å². The van der Waals surface area contributed by atoms with Crippen molar-refractivity contribution in [2.24, 2.45) is 17.6 Å². The Morgan fingerprint density at radius 3 is 2.74 bits per heavy atom.